The molecule has 2 unspecified atom stereocenters. The summed E-state index contributed by atoms with van der Waals surface area (Å²) in [6.07, 6.45) is 6.80. The molecular formula is C13H27N3. The molecule has 3 nitrogen and oxygen atoms in total. The highest BCUT2D eigenvalue weighted by Gasteiger charge is 2.26. The number of hydrogen-bond acceptors (Lipinski definition) is 3. The van der Waals surface area contributed by atoms with E-state index in [9.17, 15) is 0 Å². The van der Waals surface area contributed by atoms with Gasteiger partial charge in [0.1, 0.15) is 0 Å². The molecule has 16 heavy (non-hydrogen) atoms. The first-order valence-corrected chi connectivity index (χ1v) is 6.92. The van der Waals surface area contributed by atoms with Gasteiger partial charge in [0.05, 0.1) is 0 Å². The van der Waals surface area contributed by atoms with Crippen LogP contribution in [0.25, 0.3) is 0 Å². The molecule has 2 aliphatic heterocycles. The van der Waals surface area contributed by atoms with Crippen LogP contribution in [0.2, 0.25) is 0 Å². The normalized spacial score (nSPS) is 34.9. The van der Waals surface area contributed by atoms with Crippen LogP contribution in [-0.2, 0) is 0 Å². The van der Waals surface area contributed by atoms with Crippen molar-refractivity contribution in [2.24, 2.45) is 11.7 Å². The minimum absolute atomic E-state index is 0.430. The molecule has 2 saturated heterocycles. The summed E-state index contributed by atoms with van der Waals surface area (Å²) in [5, 5.41) is 0. The quantitative estimate of drug-likeness (QED) is 0.765. The lowest BCUT2D eigenvalue weighted by Gasteiger charge is -2.37. The van der Waals surface area contributed by atoms with Crippen molar-refractivity contribution in [1.29, 1.82) is 0 Å². The number of piperidine rings is 1. The predicted octanol–water partition coefficient (Wildman–Crippen LogP) is 1.14. The molecular weight excluding hydrogens is 198 g/mol. The highest BCUT2D eigenvalue weighted by atomic mass is 15.2. The topological polar surface area (TPSA) is 32.5 Å². The molecule has 0 spiro atoms. The molecule has 0 aliphatic carbocycles. The molecule has 2 N–H and O–H groups in total. The summed E-state index contributed by atoms with van der Waals surface area (Å²) in [7, 11) is 2.22. The maximum atomic E-state index is 6.24. The van der Waals surface area contributed by atoms with Crippen LogP contribution in [0, 0.1) is 5.92 Å². The molecule has 2 atom stereocenters. The summed E-state index contributed by atoms with van der Waals surface area (Å²) < 4.78 is 0. The van der Waals surface area contributed by atoms with Crippen molar-refractivity contribution < 1.29 is 0 Å². The Morgan fingerprint density at radius 3 is 2.44 bits per heavy atom. The van der Waals surface area contributed by atoms with Crippen LogP contribution in [0.4, 0.5) is 0 Å². The smallest absolute Gasteiger partial charge is 0.0104 e. The van der Waals surface area contributed by atoms with Crippen LogP contribution < -0.4 is 5.73 Å². The number of rotatable bonds is 2. The molecule has 2 rings (SSSR count). The molecule has 0 amide bonds. The van der Waals surface area contributed by atoms with Gasteiger partial charge >= 0.3 is 0 Å². The third-order valence-corrected chi connectivity index (χ3v) is 4.19. The van der Waals surface area contributed by atoms with E-state index in [-0.39, 0.29) is 0 Å². The average Bonchev–Trinajstić information content (AvgIpc) is 2.52. The van der Waals surface area contributed by atoms with E-state index in [4.69, 9.17) is 5.73 Å². The Morgan fingerprint density at radius 1 is 1.06 bits per heavy atom. The van der Waals surface area contributed by atoms with Crippen molar-refractivity contribution in [3.8, 4) is 0 Å². The highest BCUT2D eigenvalue weighted by Crippen LogP contribution is 2.18. The third-order valence-electron chi connectivity index (χ3n) is 4.19. The van der Waals surface area contributed by atoms with Crippen LogP contribution in [0.3, 0.4) is 0 Å². The van der Waals surface area contributed by atoms with Gasteiger partial charge in [-0.25, -0.2) is 0 Å². The van der Waals surface area contributed by atoms with E-state index < -0.39 is 0 Å². The van der Waals surface area contributed by atoms with Crippen molar-refractivity contribution in [3.05, 3.63) is 0 Å². The van der Waals surface area contributed by atoms with Gasteiger partial charge in [-0.05, 0) is 51.9 Å². The van der Waals surface area contributed by atoms with Crippen LogP contribution in [-0.4, -0.2) is 55.6 Å². The monoisotopic (exact) mass is 225 g/mol. The van der Waals surface area contributed by atoms with E-state index in [1.54, 1.807) is 0 Å². The largest absolute Gasteiger partial charge is 0.327 e. The Hall–Kier alpha value is -0.120. The average molecular weight is 225 g/mol. The summed E-state index contributed by atoms with van der Waals surface area (Å²) in [6, 6.07) is 0.430. The van der Waals surface area contributed by atoms with Crippen LogP contribution in [0.1, 0.15) is 32.1 Å². The minimum Gasteiger partial charge on any atom is -0.327 e. The zero-order valence-electron chi connectivity index (χ0n) is 10.7. The first-order chi connectivity index (χ1) is 7.75. The maximum Gasteiger partial charge on any atom is 0.0104 e. The molecule has 0 aromatic heterocycles. The fourth-order valence-electron chi connectivity index (χ4n) is 3.08. The highest BCUT2D eigenvalue weighted by molar-refractivity contribution is 4.84. The van der Waals surface area contributed by atoms with E-state index in [0.717, 1.165) is 0 Å². The third kappa shape index (κ3) is 3.44. The number of likely N-dealkylation sites (tertiary alicyclic amines) is 2. The standard InChI is InChI=1S/C13H27N3/c1-15-9-6-13(14)12(10-15)11-16-7-4-2-3-5-8-16/h12-13H,2-11,14H2,1H3. The lowest BCUT2D eigenvalue weighted by atomic mass is 9.92. The van der Waals surface area contributed by atoms with Gasteiger partial charge in [-0.15, -0.1) is 0 Å². The van der Waals surface area contributed by atoms with Gasteiger partial charge in [0, 0.05) is 19.1 Å². The number of nitrogens with zero attached hydrogens (tertiary/aromatic N) is 2. The van der Waals surface area contributed by atoms with E-state index >= 15 is 0 Å². The predicted molar refractivity (Wildman–Crippen MR) is 68.5 cm³/mol. The first-order valence-electron chi connectivity index (χ1n) is 6.92. The summed E-state index contributed by atoms with van der Waals surface area (Å²) in [5.41, 5.74) is 6.24. The van der Waals surface area contributed by atoms with E-state index in [2.05, 4.69) is 16.8 Å². The van der Waals surface area contributed by atoms with Crippen LogP contribution >= 0.6 is 0 Å². The molecule has 0 aromatic rings. The van der Waals surface area contributed by atoms with Crippen molar-refractivity contribution >= 4 is 0 Å². The van der Waals surface area contributed by atoms with Crippen molar-refractivity contribution in [3.63, 3.8) is 0 Å². The Labute approximate surface area is 100.0 Å². The van der Waals surface area contributed by atoms with Crippen molar-refractivity contribution in [2.45, 2.75) is 38.1 Å². The van der Waals surface area contributed by atoms with Gasteiger partial charge in [-0.2, -0.15) is 0 Å². The molecule has 3 heteroatoms. The summed E-state index contributed by atoms with van der Waals surface area (Å²) in [6.45, 7) is 6.20. The summed E-state index contributed by atoms with van der Waals surface area (Å²) >= 11 is 0. The van der Waals surface area contributed by atoms with Gasteiger partial charge in [-0.1, -0.05) is 12.8 Å². The molecule has 2 fully saturated rings. The van der Waals surface area contributed by atoms with E-state index in [1.165, 1.54) is 64.8 Å². The Bertz CT molecular complexity index is 199. The summed E-state index contributed by atoms with van der Waals surface area (Å²) in [4.78, 5) is 5.09. The minimum atomic E-state index is 0.430. The fourth-order valence-corrected chi connectivity index (χ4v) is 3.08. The second-order valence-corrected chi connectivity index (χ2v) is 5.69. The van der Waals surface area contributed by atoms with Crippen LogP contribution in [0.5, 0.6) is 0 Å². The molecule has 94 valence electrons. The van der Waals surface area contributed by atoms with Gasteiger partial charge in [0.15, 0.2) is 0 Å². The molecule has 2 aliphatic rings. The Balaban J connectivity index is 1.81. The zero-order valence-corrected chi connectivity index (χ0v) is 10.7. The molecule has 2 heterocycles. The van der Waals surface area contributed by atoms with Gasteiger partial charge in [-0.3, -0.25) is 0 Å². The SMILES string of the molecule is CN1CCC(N)C(CN2CCCCCC2)C1. The van der Waals surface area contributed by atoms with Gasteiger partial charge in [0.2, 0.25) is 0 Å². The molecule has 0 aromatic carbocycles. The fraction of sp³-hybridized carbons (Fsp3) is 1.00. The van der Waals surface area contributed by atoms with E-state index in [0.29, 0.717) is 12.0 Å². The van der Waals surface area contributed by atoms with Crippen LogP contribution in [0.15, 0.2) is 0 Å². The Morgan fingerprint density at radius 2 is 1.75 bits per heavy atom. The van der Waals surface area contributed by atoms with E-state index in [1.807, 2.05) is 0 Å². The number of nitrogens with two attached hydrogens (primary N) is 1. The lowest BCUT2D eigenvalue weighted by molar-refractivity contribution is 0.136. The first kappa shape index (κ1) is 12.3. The Kier molecular flexibility index (Phi) is 4.62. The second-order valence-electron chi connectivity index (χ2n) is 5.69. The van der Waals surface area contributed by atoms with Crippen molar-refractivity contribution in [1.82, 2.24) is 9.80 Å². The van der Waals surface area contributed by atoms with Gasteiger partial charge < -0.3 is 15.5 Å². The summed E-state index contributed by atoms with van der Waals surface area (Å²) in [5.74, 6) is 0.692. The zero-order chi connectivity index (χ0) is 11.4. The molecule has 0 saturated carbocycles. The second kappa shape index (κ2) is 5.99. The molecule has 0 radical (unpaired) electrons. The molecule has 0 bridgehead atoms. The van der Waals surface area contributed by atoms with Gasteiger partial charge in [0.25, 0.3) is 0 Å². The maximum absolute atomic E-state index is 6.24. The van der Waals surface area contributed by atoms with Crippen molar-refractivity contribution in [2.75, 3.05) is 39.8 Å². The lowest BCUT2D eigenvalue weighted by Crippen LogP contribution is -2.50. The number of hydrogen-bond donors (Lipinski definition) is 1.